The van der Waals surface area contributed by atoms with E-state index in [2.05, 4.69) is 17.4 Å². The SMILES string of the molecule is CC(C)C(CN)(CCCNCCc1ccccc1)c1cccc(C(F)(F)F)c1.Cl.Cl. The molecule has 2 nitrogen and oxygen atoms in total. The standard InChI is InChI=1S/C23H31F3N2.2ClH/c1-18(2)22(17-27,20-10-6-11-21(16-20)23(24,25)26)13-7-14-28-15-12-19-8-4-3-5-9-19;;/h3-6,8-11,16,18,28H,7,12-15,17,27H2,1-2H3;2*1H. The molecular weight excluding hydrogens is 432 g/mol. The number of halogens is 5. The second-order valence-electron chi connectivity index (χ2n) is 7.68. The van der Waals surface area contributed by atoms with E-state index in [1.165, 1.54) is 17.7 Å². The molecule has 0 saturated carbocycles. The number of rotatable bonds is 10. The first-order valence-electron chi connectivity index (χ1n) is 9.92. The van der Waals surface area contributed by atoms with Crippen molar-refractivity contribution in [2.45, 2.75) is 44.7 Å². The van der Waals surface area contributed by atoms with Gasteiger partial charge in [0.2, 0.25) is 0 Å². The van der Waals surface area contributed by atoms with Crippen molar-refractivity contribution in [1.82, 2.24) is 5.32 Å². The molecule has 0 heterocycles. The summed E-state index contributed by atoms with van der Waals surface area (Å²) in [7, 11) is 0. The maximum Gasteiger partial charge on any atom is 0.416 e. The van der Waals surface area contributed by atoms with Gasteiger partial charge in [-0.05, 0) is 55.5 Å². The smallest absolute Gasteiger partial charge is 0.330 e. The van der Waals surface area contributed by atoms with Crippen molar-refractivity contribution in [3.8, 4) is 0 Å². The molecular formula is C23H33Cl2F3N2. The van der Waals surface area contributed by atoms with Gasteiger partial charge in [0, 0.05) is 12.0 Å². The quantitative estimate of drug-likeness (QED) is 0.422. The summed E-state index contributed by atoms with van der Waals surface area (Å²) in [4.78, 5) is 0. The van der Waals surface area contributed by atoms with Crippen LogP contribution in [-0.2, 0) is 18.0 Å². The fourth-order valence-electron chi connectivity index (χ4n) is 3.76. The summed E-state index contributed by atoms with van der Waals surface area (Å²) in [6, 6.07) is 15.9. The Morgan fingerprint density at radius 2 is 1.53 bits per heavy atom. The molecule has 2 aromatic carbocycles. The molecule has 0 aromatic heterocycles. The van der Waals surface area contributed by atoms with E-state index in [1.807, 2.05) is 32.0 Å². The van der Waals surface area contributed by atoms with Crippen LogP contribution in [0.2, 0.25) is 0 Å². The first-order valence-corrected chi connectivity index (χ1v) is 9.92. The molecule has 7 heteroatoms. The van der Waals surface area contributed by atoms with E-state index in [-0.39, 0.29) is 30.7 Å². The maximum atomic E-state index is 13.2. The second kappa shape index (κ2) is 13.2. The normalized spacial score (nSPS) is 13.3. The van der Waals surface area contributed by atoms with Gasteiger partial charge >= 0.3 is 6.18 Å². The van der Waals surface area contributed by atoms with Gasteiger partial charge in [0.25, 0.3) is 0 Å². The number of hydrogen-bond donors (Lipinski definition) is 2. The minimum Gasteiger partial charge on any atom is -0.330 e. The molecule has 1 atom stereocenters. The van der Waals surface area contributed by atoms with Crippen molar-refractivity contribution in [3.63, 3.8) is 0 Å². The third-order valence-corrected chi connectivity index (χ3v) is 5.64. The van der Waals surface area contributed by atoms with Crippen LogP contribution in [0.1, 0.15) is 43.4 Å². The third-order valence-electron chi connectivity index (χ3n) is 5.64. The molecule has 0 amide bonds. The van der Waals surface area contributed by atoms with Crippen LogP contribution in [-0.4, -0.2) is 19.6 Å². The van der Waals surface area contributed by atoms with E-state index in [1.54, 1.807) is 6.07 Å². The molecule has 0 bridgehead atoms. The van der Waals surface area contributed by atoms with Gasteiger partial charge in [-0.2, -0.15) is 13.2 Å². The van der Waals surface area contributed by atoms with Crippen LogP contribution in [0.25, 0.3) is 0 Å². The molecule has 0 radical (unpaired) electrons. The average Bonchev–Trinajstić information content (AvgIpc) is 2.68. The lowest BCUT2D eigenvalue weighted by Crippen LogP contribution is -2.41. The highest BCUT2D eigenvalue weighted by molar-refractivity contribution is 5.85. The summed E-state index contributed by atoms with van der Waals surface area (Å²) in [6.45, 7) is 6.10. The summed E-state index contributed by atoms with van der Waals surface area (Å²) >= 11 is 0. The molecule has 30 heavy (non-hydrogen) atoms. The summed E-state index contributed by atoms with van der Waals surface area (Å²) in [5.74, 6) is 0.144. The lowest BCUT2D eigenvalue weighted by Gasteiger charge is -2.38. The third kappa shape index (κ3) is 7.77. The highest BCUT2D eigenvalue weighted by Crippen LogP contribution is 2.39. The number of alkyl halides is 3. The highest BCUT2D eigenvalue weighted by atomic mass is 35.5. The molecule has 2 aromatic rings. The Morgan fingerprint density at radius 3 is 2.10 bits per heavy atom. The van der Waals surface area contributed by atoms with Crippen molar-refractivity contribution in [1.29, 1.82) is 0 Å². The van der Waals surface area contributed by atoms with Crippen molar-refractivity contribution < 1.29 is 13.2 Å². The van der Waals surface area contributed by atoms with E-state index < -0.39 is 17.2 Å². The van der Waals surface area contributed by atoms with Gasteiger partial charge in [0.1, 0.15) is 0 Å². The van der Waals surface area contributed by atoms with Gasteiger partial charge < -0.3 is 11.1 Å². The monoisotopic (exact) mass is 464 g/mol. The van der Waals surface area contributed by atoms with E-state index in [0.29, 0.717) is 12.1 Å². The fourth-order valence-corrected chi connectivity index (χ4v) is 3.76. The Morgan fingerprint density at radius 1 is 0.900 bits per heavy atom. The molecule has 1 unspecified atom stereocenters. The molecule has 0 aliphatic rings. The first-order chi connectivity index (χ1) is 13.3. The Kier molecular flexibility index (Phi) is 12.6. The van der Waals surface area contributed by atoms with Gasteiger partial charge in [-0.3, -0.25) is 0 Å². The summed E-state index contributed by atoms with van der Waals surface area (Å²) in [5, 5.41) is 3.44. The predicted molar refractivity (Wildman–Crippen MR) is 124 cm³/mol. The topological polar surface area (TPSA) is 38.0 Å². The maximum absolute atomic E-state index is 13.2. The first kappa shape index (κ1) is 28.7. The van der Waals surface area contributed by atoms with Gasteiger partial charge in [0.05, 0.1) is 5.56 Å². The highest BCUT2D eigenvalue weighted by Gasteiger charge is 2.37. The largest absolute Gasteiger partial charge is 0.416 e. The summed E-state index contributed by atoms with van der Waals surface area (Å²) < 4.78 is 39.5. The van der Waals surface area contributed by atoms with Gasteiger partial charge in [-0.25, -0.2) is 0 Å². The minimum absolute atomic E-state index is 0. The van der Waals surface area contributed by atoms with Gasteiger partial charge in [0.15, 0.2) is 0 Å². The van der Waals surface area contributed by atoms with Crippen LogP contribution in [0.3, 0.4) is 0 Å². The van der Waals surface area contributed by atoms with E-state index >= 15 is 0 Å². The number of nitrogens with two attached hydrogens (primary N) is 1. The number of hydrogen-bond acceptors (Lipinski definition) is 2. The average molecular weight is 465 g/mol. The van der Waals surface area contributed by atoms with Gasteiger partial charge in [-0.1, -0.05) is 62.4 Å². The number of nitrogens with one attached hydrogen (secondary N) is 1. The molecule has 0 saturated heterocycles. The molecule has 0 spiro atoms. The summed E-state index contributed by atoms with van der Waals surface area (Å²) in [6.07, 6.45) is -1.77. The second-order valence-corrected chi connectivity index (χ2v) is 7.68. The van der Waals surface area contributed by atoms with Crippen molar-refractivity contribution in [2.24, 2.45) is 11.7 Å². The lowest BCUT2D eigenvalue weighted by molar-refractivity contribution is -0.137. The van der Waals surface area contributed by atoms with Crippen LogP contribution in [0.5, 0.6) is 0 Å². The Hall–Kier alpha value is -1.27. The lowest BCUT2D eigenvalue weighted by atomic mass is 9.68. The van der Waals surface area contributed by atoms with E-state index in [0.717, 1.165) is 38.4 Å². The molecule has 0 aliphatic carbocycles. The number of benzene rings is 2. The van der Waals surface area contributed by atoms with Gasteiger partial charge in [-0.15, -0.1) is 24.8 Å². The van der Waals surface area contributed by atoms with Crippen LogP contribution >= 0.6 is 24.8 Å². The zero-order valence-corrected chi connectivity index (χ0v) is 19.2. The van der Waals surface area contributed by atoms with E-state index in [9.17, 15) is 13.2 Å². The zero-order valence-electron chi connectivity index (χ0n) is 17.5. The van der Waals surface area contributed by atoms with Crippen LogP contribution in [0, 0.1) is 5.92 Å². The fraction of sp³-hybridized carbons (Fsp3) is 0.478. The molecule has 0 fully saturated rings. The summed E-state index contributed by atoms with van der Waals surface area (Å²) in [5.41, 5.74) is 7.03. The van der Waals surface area contributed by atoms with Crippen LogP contribution < -0.4 is 11.1 Å². The van der Waals surface area contributed by atoms with Crippen molar-refractivity contribution in [2.75, 3.05) is 19.6 Å². The van der Waals surface area contributed by atoms with Crippen molar-refractivity contribution in [3.05, 3.63) is 71.3 Å². The predicted octanol–water partition coefficient (Wildman–Crippen LogP) is 6.01. The van der Waals surface area contributed by atoms with E-state index in [4.69, 9.17) is 5.73 Å². The Bertz CT molecular complexity index is 724. The molecule has 3 N–H and O–H groups in total. The molecule has 2 rings (SSSR count). The van der Waals surface area contributed by atoms with Crippen LogP contribution in [0.15, 0.2) is 54.6 Å². The minimum atomic E-state index is -4.34. The molecule has 0 aliphatic heterocycles. The molecule has 170 valence electrons. The Balaban J connectivity index is 0.00000420. The van der Waals surface area contributed by atoms with Crippen molar-refractivity contribution >= 4 is 24.8 Å². The Labute approximate surface area is 190 Å². The zero-order chi connectivity index (χ0) is 20.6. The van der Waals surface area contributed by atoms with Crippen LogP contribution in [0.4, 0.5) is 13.2 Å².